The number of hydrogen-bond donors (Lipinski definition) is 1. The highest BCUT2D eigenvalue weighted by molar-refractivity contribution is 9.10. The number of rotatable bonds is 5. The second-order valence-electron chi connectivity index (χ2n) is 5.80. The topological polar surface area (TPSA) is 15.3 Å². The molecule has 2 atom stereocenters. The van der Waals surface area contributed by atoms with Gasteiger partial charge in [0.25, 0.3) is 0 Å². The summed E-state index contributed by atoms with van der Waals surface area (Å²) in [6.07, 6.45) is 2.36. The van der Waals surface area contributed by atoms with Crippen molar-refractivity contribution < 1.29 is 0 Å². The fourth-order valence-electron chi connectivity index (χ4n) is 3.09. The summed E-state index contributed by atoms with van der Waals surface area (Å²) in [4.78, 5) is 3.73. The maximum Gasteiger partial charge on any atom is 0.0561 e. The molecule has 0 radical (unpaired) electrons. The number of nitrogens with zero attached hydrogens (tertiary/aromatic N) is 1. The first-order valence-electron chi connectivity index (χ1n) is 7.37. The maximum absolute atomic E-state index is 3.78. The standard InChI is InChI=1S/C17H21BrN2S/c1-20(2)16(17-7-4-10-21-17)11-19-15-9-8-12-13(15)5-3-6-14(12)18/h3-7,10,15-16,19H,8-9,11H2,1-2H3. The summed E-state index contributed by atoms with van der Waals surface area (Å²) in [7, 11) is 4.32. The summed E-state index contributed by atoms with van der Waals surface area (Å²) in [5.74, 6) is 0. The Morgan fingerprint density at radius 1 is 1.33 bits per heavy atom. The van der Waals surface area contributed by atoms with Crippen molar-refractivity contribution in [3.63, 3.8) is 0 Å². The number of halogens is 1. The van der Waals surface area contributed by atoms with Crippen LogP contribution >= 0.6 is 27.3 Å². The predicted octanol–water partition coefficient (Wildman–Crippen LogP) is 4.39. The molecule has 112 valence electrons. The predicted molar refractivity (Wildman–Crippen MR) is 94.0 cm³/mol. The number of likely N-dealkylation sites (N-methyl/N-ethyl adjacent to an activating group) is 1. The Morgan fingerprint density at radius 3 is 2.90 bits per heavy atom. The Morgan fingerprint density at radius 2 is 2.19 bits per heavy atom. The van der Waals surface area contributed by atoms with Crippen LogP contribution in [0, 0.1) is 0 Å². The van der Waals surface area contributed by atoms with E-state index in [0.717, 1.165) is 6.54 Å². The van der Waals surface area contributed by atoms with Crippen LogP contribution in [-0.2, 0) is 6.42 Å². The molecule has 1 heterocycles. The van der Waals surface area contributed by atoms with E-state index in [9.17, 15) is 0 Å². The van der Waals surface area contributed by atoms with Gasteiger partial charge in [0.15, 0.2) is 0 Å². The van der Waals surface area contributed by atoms with E-state index >= 15 is 0 Å². The van der Waals surface area contributed by atoms with Crippen molar-refractivity contribution in [3.05, 3.63) is 56.2 Å². The molecule has 0 spiro atoms. The second-order valence-corrected chi connectivity index (χ2v) is 7.64. The van der Waals surface area contributed by atoms with E-state index in [1.54, 1.807) is 0 Å². The molecule has 2 unspecified atom stereocenters. The van der Waals surface area contributed by atoms with E-state index in [2.05, 4.69) is 76.0 Å². The number of fused-ring (bicyclic) bond motifs is 1. The van der Waals surface area contributed by atoms with Gasteiger partial charge in [0.05, 0.1) is 6.04 Å². The Labute approximate surface area is 139 Å². The van der Waals surface area contributed by atoms with E-state index in [-0.39, 0.29) is 0 Å². The molecule has 2 aromatic rings. The van der Waals surface area contributed by atoms with Crippen molar-refractivity contribution in [1.82, 2.24) is 10.2 Å². The van der Waals surface area contributed by atoms with Crippen molar-refractivity contribution in [3.8, 4) is 0 Å². The SMILES string of the molecule is CN(C)C(CNC1CCc2c(Br)cccc21)c1cccs1. The molecule has 0 aliphatic heterocycles. The van der Waals surface area contributed by atoms with Gasteiger partial charge in [-0.2, -0.15) is 0 Å². The minimum Gasteiger partial charge on any atom is -0.308 e. The van der Waals surface area contributed by atoms with Crippen molar-refractivity contribution in [2.75, 3.05) is 20.6 Å². The Hall–Kier alpha value is -0.680. The van der Waals surface area contributed by atoms with E-state index in [1.807, 2.05) is 11.3 Å². The van der Waals surface area contributed by atoms with E-state index < -0.39 is 0 Å². The molecule has 0 saturated carbocycles. The first kappa shape index (κ1) is 15.2. The van der Waals surface area contributed by atoms with Crippen molar-refractivity contribution in [2.45, 2.75) is 24.9 Å². The first-order valence-corrected chi connectivity index (χ1v) is 9.04. The van der Waals surface area contributed by atoms with Gasteiger partial charge < -0.3 is 10.2 Å². The lowest BCUT2D eigenvalue weighted by molar-refractivity contribution is 0.283. The summed E-state index contributed by atoms with van der Waals surface area (Å²) in [6.45, 7) is 0.990. The molecule has 21 heavy (non-hydrogen) atoms. The molecule has 0 amide bonds. The van der Waals surface area contributed by atoms with E-state index in [0.29, 0.717) is 12.1 Å². The summed E-state index contributed by atoms with van der Waals surface area (Å²) in [5, 5.41) is 5.94. The molecule has 0 bridgehead atoms. The Balaban J connectivity index is 1.70. The molecule has 1 N–H and O–H groups in total. The summed E-state index contributed by atoms with van der Waals surface area (Å²) in [5.41, 5.74) is 2.94. The summed E-state index contributed by atoms with van der Waals surface area (Å²) in [6, 6.07) is 11.9. The van der Waals surface area contributed by atoms with Gasteiger partial charge in [-0.15, -0.1) is 11.3 Å². The minimum atomic E-state index is 0.446. The molecule has 1 aromatic heterocycles. The fourth-order valence-corrected chi connectivity index (χ4v) is 4.60. The number of thiophene rings is 1. The van der Waals surface area contributed by atoms with Gasteiger partial charge in [-0.25, -0.2) is 0 Å². The van der Waals surface area contributed by atoms with E-state index in [1.165, 1.54) is 33.3 Å². The van der Waals surface area contributed by atoms with Crippen LogP contribution in [0.25, 0.3) is 0 Å². The number of benzene rings is 1. The van der Waals surface area contributed by atoms with Gasteiger partial charge in [-0.05, 0) is 55.6 Å². The van der Waals surface area contributed by atoms with Crippen molar-refractivity contribution in [1.29, 1.82) is 0 Å². The van der Waals surface area contributed by atoms with Crippen LogP contribution in [-0.4, -0.2) is 25.5 Å². The molecular weight excluding hydrogens is 344 g/mol. The lowest BCUT2D eigenvalue weighted by Gasteiger charge is -2.26. The average molecular weight is 365 g/mol. The third-order valence-electron chi connectivity index (χ3n) is 4.27. The van der Waals surface area contributed by atoms with Gasteiger partial charge in [0, 0.05) is 21.9 Å². The fraction of sp³-hybridized carbons (Fsp3) is 0.412. The molecule has 1 aliphatic rings. The molecule has 0 fully saturated rings. The molecule has 3 rings (SSSR count). The number of hydrogen-bond acceptors (Lipinski definition) is 3. The van der Waals surface area contributed by atoms with Crippen LogP contribution in [0.15, 0.2) is 40.2 Å². The van der Waals surface area contributed by atoms with Gasteiger partial charge >= 0.3 is 0 Å². The zero-order valence-corrected chi connectivity index (χ0v) is 14.9. The quantitative estimate of drug-likeness (QED) is 0.845. The molecular formula is C17H21BrN2S. The highest BCUT2D eigenvalue weighted by atomic mass is 79.9. The molecule has 1 aliphatic carbocycles. The molecule has 0 saturated heterocycles. The monoisotopic (exact) mass is 364 g/mol. The van der Waals surface area contributed by atoms with Gasteiger partial charge in [0.1, 0.15) is 0 Å². The van der Waals surface area contributed by atoms with Crippen LogP contribution in [0.5, 0.6) is 0 Å². The summed E-state index contributed by atoms with van der Waals surface area (Å²) < 4.78 is 1.26. The van der Waals surface area contributed by atoms with Gasteiger partial charge in [-0.1, -0.05) is 34.1 Å². The molecule has 1 aromatic carbocycles. The Bertz CT molecular complexity index is 595. The highest BCUT2D eigenvalue weighted by Gasteiger charge is 2.25. The third kappa shape index (κ3) is 3.24. The van der Waals surface area contributed by atoms with Crippen molar-refractivity contribution in [2.24, 2.45) is 0 Å². The van der Waals surface area contributed by atoms with Crippen LogP contribution in [0.2, 0.25) is 0 Å². The zero-order chi connectivity index (χ0) is 14.8. The minimum absolute atomic E-state index is 0.446. The normalized spacial score (nSPS) is 19.0. The van der Waals surface area contributed by atoms with Crippen molar-refractivity contribution >= 4 is 27.3 Å². The Kier molecular flexibility index (Phi) is 4.79. The third-order valence-corrected chi connectivity index (χ3v) is 5.98. The van der Waals surface area contributed by atoms with Gasteiger partial charge in [-0.3, -0.25) is 0 Å². The zero-order valence-electron chi connectivity index (χ0n) is 12.5. The summed E-state index contributed by atoms with van der Waals surface area (Å²) >= 11 is 5.52. The maximum atomic E-state index is 3.78. The molecule has 4 heteroatoms. The van der Waals surface area contributed by atoms with E-state index in [4.69, 9.17) is 0 Å². The van der Waals surface area contributed by atoms with Gasteiger partial charge in [0.2, 0.25) is 0 Å². The van der Waals surface area contributed by atoms with Crippen LogP contribution in [0.3, 0.4) is 0 Å². The van der Waals surface area contributed by atoms with Crippen LogP contribution in [0.1, 0.15) is 34.5 Å². The highest BCUT2D eigenvalue weighted by Crippen LogP contribution is 2.36. The largest absolute Gasteiger partial charge is 0.308 e. The second kappa shape index (κ2) is 6.61. The van der Waals surface area contributed by atoms with Crippen LogP contribution in [0.4, 0.5) is 0 Å². The smallest absolute Gasteiger partial charge is 0.0561 e. The molecule has 2 nitrogen and oxygen atoms in total. The number of nitrogens with one attached hydrogen (secondary N) is 1. The van der Waals surface area contributed by atoms with Crippen LogP contribution < -0.4 is 5.32 Å². The lowest BCUT2D eigenvalue weighted by atomic mass is 10.1. The average Bonchev–Trinajstić information content (AvgIpc) is 3.09. The first-order chi connectivity index (χ1) is 10.2. The lowest BCUT2D eigenvalue weighted by Crippen LogP contribution is -2.32.